The van der Waals surface area contributed by atoms with Gasteiger partial charge in [0.05, 0.1) is 18.6 Å². The maximum Gasteiger partial charge on any atom is 0.239 e. The molecule has 0 fully saturated rings. The van der Waals surface area contributed by atoms with Crippen LogP contribution < -0.4 is 16.4 Å². The number of hydrogen-bond acceptors (Lipinski definition) is 3. The van der Waals surface area contributed by atoms with Crippen molar-refractivity contribution in [3.8, 4) is 0 Å². The van der Waals surface area contributed by atoms with Crippen molar-refractivity contribution in [2.45, 2.75) is 32.9 Å². The van der Waals surface area contributed by atoms with Crippen molar-refractivity contribution in [1.29, 1.82) is 0 Å². The molecule has 0 aliphatic heterocycles. The summed E-state index contributed by atoms with van der Waals surface area (Å²) in [5.41, 5.74) is 6.71. The summed E-state index contributed by atoms with van der Waals surface area (Å²) >= 11 is 0. The number of carbonyl (C=O) groups is 2. The van der Waals surface area contributed by atoms with Crippen molar-refractivity contribution in [2.75, 3.05) is 6.54 Å². The summed E-state index contributed by atoms with van der Waals surface area (Å²) in [6, 6.07) is 8.96. The van der Waals surface area contributed by atoms with E-state index in [-0.39, 0.29) is 30.3 Å². The first-order valence-corrected chi connectivity index (χ1v) is 6.79. The Labute approximate surface area is 119 Å². The molecule has 2 amide bonds. The lowest BCUT2D eigenvalue weighted by Gasteiger charge is -2.17. The third-order valence-electron chi connectivity index (χ3n) is 3.12. The fraction of sp³-hybridized carbons (Fsp3) is 0.467. The predicted octanol–water partition coefficient (Wildman–Crippen LogP) is 0.963. The minimum atomic E-state index is -0.589. The van der Waals surface area contributed by atoms with Gasteiger partial charge in [0.2, 0.25) is 11.8 Å². The molecule has 1 aromatic carbocycles. The number of nitrogens with two attached hydrogens (primary N) is 1. The number of benzene rings is 1. The molecule has 0 bridgehead atoms. The zero-order valence-electron chi connectivity index (χ0n) is 12.2. The van der Waals surface area contributed by atoms with Gasteiger partial charge in [0.25, 0.3) is 0 Å². The SMILES string of the molecule is CC(NC(=O)CNC(=O)[C@@H](N)C(C)C)c1ccccc1. The Morgan fingerprint density at radius 3 is 2.30 bits per heavy atom. The molecular weight excluding hydrogens is 254 g/mol. The summed E-state index contributed by atoms with van der Waals surface area (Å²) in [6.07, 6.45) is 0. The topological polar surface area (TPSA) is 84.2 Å². The number of carbonyl (C=O) groups excluding carboxylic acids is 2. The molecule has 0 aliphatic carbocycles. The molecule has 0 spiro atoms. The van der Waals surface area contributed by atoms with Gasteiger partial charge in [-0.15, -0.1) is 0 Å². The maximum absolute atomic E-state index is 11.8. The molecular formula is C15H23N3O2. The van der Waals surface area contributed by atoms with Gasteiger partial charge in [-0.05, 0) is 18.4 Å². The first kappa shape index (κ1) is 16.2. The molecule has 1 rings (SSSR count). The third kappa shape index (κ3) is 5.01. The van der Waals surface area contributed by atoms with Gasteiger partial charge in [-0.2, -0.15) is 0 Å². The maximum atomic E-state index is 11.8. The van der Waals surface area contributed by atoms with Gasteiger partial charge in [0, 0.05) is 0 Å². The average Bonchev–Trinajstić information content (AvgIpc) is 2.44. The molecule has 2 atom stereocenters. The van der Waals surface area contributed by atoms with Crippen LogP contribution in [0.3, 0.4) is 0 Å². The van der Waals surface area contributed by atoms with Crippen LogP contribution in [0.15, 0.2) is 30.3 Å². The Balaban J connectivity index is 2.39. The number of hydrogen-bond donors (Lipinski definition) is 3. The zero-order valence-corrected chi connectivity index (χ0v) is 12.2. The molecule has 5 nitrogen and oxygen atoms in total. The predicted molar refractivity (Wildman–Crippen MR) is 78.8 cm³/mol. The van der Waals surface area contributed by atoms with Gasteiger partial charge in [-0.3, -0.25) is 9.59 Å². The van der Waals surface area contributed by atoms with Gasteiger partial charge in [-0.1, -0.05) is 44.2 Å². The standard InChI is InChI=1S/C15H23N3O2/c1-10(2)14(16)15(20)17-9-13(19)18-11(3)12-7-5-4-6-8-12/h4-8,10-11,14H,9,16H2,1-3H3,(H,17,20)(H,18,19)/t11?,14-/m0/s1. The van der Waals surface area contributed by atoms with E-state index in [2.05, 4.69) is 10.6 Å². The zero-order chi connectivity index (χ0) is 15.1. The van der Waals surface area contributed by atoms with Crippen LogP contribution in [-0.4, -0.2) is 24.4 Å². The fourth-order valence-electron chi connectivity index (χ4n) is 1.71. The Hall–Kier alpha value is -1.88. The van der Waals surface area contributed by atoms with E-state index >= 15 is 0 Å². The molecule has 110 valence electrons. The molecule has 20 heavy (non-hydrogen) atoms. The molecule has 0 aromatic heterocycles. The van der Waals surface area contributed by atoms with Crippen LogP contribution in [0.5, 0.6) is 0 Å². The number of nitrogens with one attached hydrogen (secondary N) is 2. The van der Waals surface area contributed by atoms with Crippen molar-refractivity contribution in [2.24, 2.45) is 11.7 Å². The average molecular weight is 277 g/mol. The van der Waals surface area contributed by atoms with Gasteiger partial charge in [0.1, 0.15) is 0 Å². The highest BCUT2D eigenvalue weighted by molar-refractivity contribution is 5.87. The van der Waals surface area contributed by atoms with E-state index in [1.165, 1.54) is 0 Å². The summed E-state index contributed by atoms with van der Waals surface area (Å²) < 4.78 is 0. The van der Waals surface area contributed by atoms with Crippen molar-refractivity contribution in [3.63, 3.8) is 0 Å². The lowest BCUT2D eigenvalue weighted by atomic mass is 10.1. The van der Waals surface area contributed by atoms with E-state index in [0.717, 1.165) is 5.56 Å². The molecule has 0 saturated carbocycles. The molecule has 1 aromatic rings. The first-order chi connectivity index (χ1) is 9.41. The first-order valence-electron chi connectivity index (χ1n) is 6.79. The van der Waals surface area contributed by atoms with Crippen LogP contribution in [0, 0.1) is 5.92 Å². The largest absolute Gasteiger partial charge is 0.348 e. The van der Waals surface area contributed by atoms with Crippen LogP contribution in [0.1, 0.15) is 32.4 Å². The monoisotopic (exact) mass is 277 g/mol. The Morgan fingerprint density at radius 2 is 1.75 bits per heavy atom. The lowest BCUT2D eigenvalue weighted by molar-refractivity contribution is -0.127. The summed E-state index contributed by atoms with van der Waals surface area (Å²) in [7, 11) is 0. The van der Waals surface area contributed by atoms with Crippen LogP contribution in [0.25, 0.3) is 0 Å². The van der Waals surface area contributed by atoms with Gasteiger partial charge >= 0.3 is 0 Å². The highest BCUT2D eigenvalue weighted by atomic mass is 16.2. The van der Waals surface area contributed by atoms with E-state index in [0.29, 0.717) is 0 Å². The highest BCUT2D eigenvalue weighted by Crippen LogP contribution is 2.10. The van der Waals surface area contributed by atoms with E-state index in [1.807, 2.05) is 51.1 Å². The molecule has 5 heteroatoms. The Bertz CT molecular complexity index is 446. The summed E-state index contributed by atoms with van der Waals surface area (Å²) in [5.74, 6) is -0.491. The summed E-state index contributed by atoms with van der Waals surface area (Å²) in [6.45, 7) is 5.56. The van der Waals surface area contributed by atoms with Crippen LogP contribution in [0.4, 0.5) is 0 Å². The molecule has 1 unspecified atom stereocenters. The number of rotatable bonds is 6. The van der Waals surface area contributed by atoms with Crippen molar-refractivity contribution >= 4 is 11.8 Å². The quantitative estimate of drug-likeness (QED) is 0.724. The van der Waals surface area contributed by atoms with Gasteiger partial charge in [0.15, 0.2) is 0 Å². The molecule has 0 heterocycles. The lowest BCUT2D eigenvalue weighted by Crippen LogP contribution is -2.47. The molecule has 0 saturated heterocycles. The van der Waals surface area contributed by atoms with Gasteiger partial charge in [-0.25, -0.2) is 0 Å². The minimum Gasteiger partial charge on any atom is -0.348 e. The second-order valence-corrected chi connectivity index (χ2v) is 5.19. The Kier molecular flexibility index (Phi) is 6.18. The van der Waals surface area contributed by atoms with Crippen LogP contribution >= 0.6 is 0 Å². The highest BCUT2D eigenvalue weighted by Gasteiger charge is 2.18. The second-order valence-electron chi connectivity index (χ2n) is 5.19. The minimum absolute atomic E-state index is 0.0429. The molecule has 0 aliphatic rings. The van der Waals surface area contributed by atoms with Crippen molar-refractivity contribution in [1.82, 2.24) is 10.6 Å². The normalized spacial score (nSPS) is 13.7. The van der Waals surface area contributed by atoms with E-state index in [1.54, 1.807) is 0 Å². The smallest absolute Gasteiger partial charge is 0.239 e. The Morgan fingerprint density at radius 1 is 1.15 bits per heavy atom. The molecule has 4 N–H and O–H groups in total. The van der Waals surface area contributed by atoms with Gasteiger partial charge < -0.3 is 16.4 Å². The van der Waals surface area contributed by atoms with E-state index in [4.69, 9.17) is 5.73 Å². The summed E-state index contributed by atoms with van der Waals surface area (Å²) in [4.78, 5) is 23.4. The van der Waals surface area contributed by atoms with E-state index < -0.39 is 6.04 Å². The van der Waals surface area contributed by atoms with E-state index in [9.17, 15) is 9.59 Å². The fourth-order valence-corrected chi connectivity index (χ4v) is 1.71. The third-order valence-corrected chi connectivity index (χ3v) is 3.12. The van der Waals surface area contributed by atoms with Crippen molar-refractivity contribution in [3.05, 3.63) is 35.9 Å². The molecule has 0 radical (unpaired) electrons. The van der Waals surface area contributed by atoms with Crippen molar-refractivity contribution < 1.29 is 9.59 Å². The second kappa shape index (κ2) is 7.65. The van der Waals surface area contributed by atoms with Crippen LogP contribution in [-0.2, 0) is 9.59 Å². The van der Waals surface area contributed by atoms with Crippen LogP contribution in [0.2, 0.25) is 0 Å². The number of amides is 2. The summed E-state index contributed by atoms with van der Waals surface area (Å²) in [5, 5.41) is 5.37.